The molecule has 0 atom stereocenters. The summed E-state index contributed by atoms with van der Waals surface area (Å²) < 4.78 is 0. The van der Waals surface area contributed by atoms with Crippen molar-refractivity contribution in [3.63, 3.8) is 0 Å². The number of aromatic nitrogens is 1. The molecule has 0 saturated heterocycles. The number of nitrogen functional groups attached to an aromatic ring is 1. The first kappa shape index (κ1) is 10.0. The van der Waals surface area contributed by atoms with Crippen LogP contribution < -0.4 is 5.73 Å². The summed E-state index contributed by atoms with van der Waals surface area (Å²) in [6, 6.07) is 9.64. The second-order valence-corrected chi connectivity index (χ2v) is 2.67. The summed E-state index contributed by atoms with van der Waals surface area (Å²) in [5, 5.41) is 1.02. The molecule has 14 heavy (non-hydrogen) atoms. The number of benzene rings is 1. The summed E-state index contributed by atoms with van der Waals surface area (Å²) >= 11 is 0. The predicted molar refractivity (Wildman–Crippen MR) is 60.9 cm³/mol. The van der Waals surface area contributed by atoms with Gasteiger partial charge in [0.1, 0.15) is 0 Å². The molecule has 0 amide bonds. The lowest BCUT2D eigenvalue weighted by atomic mass is 10.2. The van der Waals surface area contributed by atoms with Crippen molar-refractivity contribution >= 4 is 16.6 Å². The van der Waals surface area contributed by atoms with E-state index in [0.29, 0.717) is 0 Å². The Morgan fingerprint density at radius 3 is 2.43 bits per heavy atom. The Bertz CT molecular complexity index is 449. The molecule has 0 aliphatic heterocycles. The average Bonchev–Trinajstić information content (AvgIpc) is 2.20. The first-order chi connectivity index (χ1) is 6.79. The van der Waals surface area contributed by atoms with Crippen LogP contribution in [-0.4, -0.2) is 4.98 Å². The number of hydrogen-bond acceptors (Lipinski definition) is 2. The molecule has 2 nitrogen and oxygen atoms in total. The number of nitrogens with two attached hydrogens (primary N) is 1. The molecule has 1 aromatic carbocycles. The van der Waals surface area contributed by atoms with E-state index >= 15 is 0 Å². The minimum atomic E-state index is 0.788. The van der Waals surface area contributed by atoms with E-state index in [4.69, 9.17) is 5.73 Å². The van der Waals surface area contributed by atoms with E-state index in [1.165, 1.54) is 0 Å². The van der Waals surface area contributed by atoms with Gasteiger partial charge in [0.2, 0.25) is 0 Å². The average molecular weight is 184 g/mol. The number of pyridine rings is 1. The molecule has 0 aliphatic carbocycles. The van der Waals surface area contributed by atoms with Gasteiger partial charge < -0.3 is 5.73 Å². The molecule has 1 heterocycles. The van der Waals surface area contributed by atoms with E-state index in [2.05, 4.69) is 23.9 Å². The molecule has 0 aliphatic rings. The monoisotopic (exact) mass is 184 g/mol. The molecule has 0 bridgehead atoms. The number of hydrogen-bond donors (Lipinski definition) is 1. The SMILES string of the molecule is C=C=C.Nc1ccnc2ccccc12. The predicted octanol–water partition coefficient (Wildman–Crippen LogP) is 2.77. The normalized spacial score (nSPS) is 8.57. The molecule has 2 N–H and O–H groups in total. The van der Waals surface area contributed by atoms with Crippen molar-refractivity contribution < 1.29 is 0 Å². The van der Waals surface area contributed by atoms with Crippen LogP contribution in [0.2, 0.25) is 0 Å². The Kier molecular flexibility index (Phi) is 3.48. The van der Waals surface area contributed by atoms with Gasteiger partial charge in [0, 0.05) is 17.3 Å². The standard InChI is InChI=1S/C9H8N2.C3H4/c10-8-5-6-11-9-4-2-1-3-7(8)9;1-3-2/h1-6H,(H2,10,11);1-2H2. The second kappa shape index (κ2) is 4.85. The van der Waals surface area contributed by atoms with Gasteiger partial charge in [0.15, 0.2) is 0 Å². The van der Waals surface area contributed by atoms with Gasteiger partial charge in [-0.15, -0.1) is 5.73 Å². The van der Waals surface area contributed by atoms with E-state index < -0.39 is 0 Å². The fraction of sp³-hybridized carbons (Fsp3) is 0. The fourth-order valence-electron chi connectivity index (χ4n) is 1.12. The molecule has 70 valence electrons. The lowest BCUT2D eigenvalue weighted by molar-refractivity contribution is 1.41. The largest absolute Gasteiger partial charge is 0.398 e. The van der Waals surface area contributed by atoms with Gasteiger partial charge in [-0.05, 0) is 12.1 Å². The van der Waals surface area contributed by atoms with Crippen LogP contribution in [0.4, 0.5) is 5.69 Å². The van der Waals surface area contributed by atoms with Gasteiger partial charge in [0.05, 0.1) is 5.52 Å². The Balaban J connectivity index is 0.000000293. The van der Waals surface area contributed by atoms with E-state index in [0.717, 1.165) is 16.6 Å². The van der Waals surface area contributed by atoms with Crippen LogP contribution in [0.15, 0.2) is 55.4 Å². The van der Waals surface area contributed by atoms with E-state index in [1.54, 1.807) is 6.20 Å². The van der Waals surface area contributed by atoms with Crippen molar-refractivity contribution in [2.45, 2.75) is 0 Å². The summed E-state index contributed by atoms with van der Waals surface area (Å²) in [6.07, 6.45) is 1.72. The van der Waals surface area contributed by atoms with Crippen molar-refractivity contribution in [3.05, 3.63) is 55.4 Å². The number of para-hydroxylation sites is 1. The summed E-state index contributed by atoms with van der Waals surface area (Å²) in [6.45, 7) is 6.25. The molecule has 0 unspecified atom stereocenters. The zero-order chi connectivity index (χ0) is 10.4. The van der Waals surface area contributed by atoms with Crippen molar-refractivity contribution in [1.82, 2.24) is 4.98 Å². The number of rotatable bonds is 0. The van der Waals surface area contributed by atoms with Gasteiger partial charge in [-0.1, -0.05) is 31.4 Å². The smallest absolute Gasteiger partial charge is 0.0722 e. The minimum absolute atomic E-state index is 0.788. The van der Waals surface area contributed by atoms with Crippen molar-refractivity contribution in [1.29, 1.82) is 0 Å². The quantitative estimate of drug-likeness (QED) is 0.639. The summed E-state index contributed by atoms with van der Waals surface area (Å²) in [7, 11) is 0. The van der Waals surface area contributed by atoms with E-state index in [9.17, 15) is 0 Å². The Labute approximate surface area is 83.4 Å². The van der Waals surface area contributed by atoms with Crippen molar-refractivity contribution in [2.24, 2.45) is 0 Å². The second-order valence-electron chi connectivity index (χ2n) is 2.67. The van der Waals surface area contributed by atoms with Gasteiger partial charge in [-0.2, -0.15) is 0 Å². The third-order valence-electron chi connectivity index (χ3n) is 1.68. The minimum Gasteiger partial charge on any atom is -0.398 e. The number of anilines is 1. The highest BCUT2D eigenvalue weighted by Crippen LogP contribution is 2.16. The molecule has 0 spiro atoms. The van der Waals surface area contributed by atoms with Crippen LogP contribution in [0.3, 0.4) is 0 Å². The maximum atomic E-state index is 5.72. The number of nitrogens with zero attached hydrogens (tertiary/aromatic N) is 1. The van der Waals surface area contributed by atoms with Crippen LogP contribution in [0.1, 0.15) is 0 Å². The van der Waals surface area contributed by atoms with Gasteiger partial charge in [-0.25, -0.2) is 0 Å². The lowest BCUT2D eigenvalue weighted by Gasteiger charge is -1.97. The Morgan fingerprint density at radius 1 is 1.14 bits per heavy atom. The topological polar surface area (TPSA) is 38.9 Å². The lowest BCUT2D eigenvalue weighted by Crippen LogP contribution is -1.87. The summed E-state index contributed by atoms with van der Waals surface area (Å²) in [5.74, 6) is 0. The molecule has 0 saturated carbocycles. The Morgan fingerprint density at radius 2 is 1.79 bits per heavy atom. The van der Waals surface area contributed by atoms with E-state index in [-0.39, 0.29) is 0 Å². The third-order valence-corrected chi connectivity index (χ3v) is 1.68. The van der Waals surface area contributed by atoms with Crippen LogP contribution in [0, 0.1) is 0 Å². The maximum Gasteiger partial charge on any atom is 0.0722 e. The fourth-order valence-corrected chi connectivity index (χ4v) is 1.12. The highest BCUT2D eigenvalue weighted by atomic mass is 14.7. The molecule has 0 fully saturated rings. The van der Waals surface area contributed by atoms with Crippen molar-refractivity contribution in [2.75, 3.05) is 5.73 Å². The van der Waals surface area contributed by atoms with E-state index in [1.807, 2.05) is 30.3 Å². The zero-order valence-corrected chi connectivity index (χ0v) is 7.90. The van der Waals surface area contributed by atoms with Gasteiger partial charge >= 0.3 is 0 Å². The van der Waals surface area contributed by atoms with Crippen LogP contribution in [0.25, 0.3) is 10.9 Å². The zero-order valence-electron chi connectivity index (χ0n) is 7.90. The molecule has 2 rings (SSSR count). The van der Waals surface area contributed by atoms with Crippen LogP contribution in [-0.2, 0) is 0 Å². The molecule has 0 radical (unpaired) electrons. The van der Waals surface area contributed by atoms with Crippen molar-refractivity contribution in [3.8, 4) is 0 Å². The Hall–Kier alpha value is -2.05. The van der Waals surface area contributed by atoms with Crippen LogP contribution in [0.5, 0.6) is 0 Å². The summed E-state index contributed by atoms with van der Waals surface area (Å²) in [5.41, 5.74) is 9.71. The molecular formula is C12H12N2. The van der Waals surface area contributed by atoms with Gasteiger partial charge in [0.25, 0.3) is 0 Å². The van der Waals surface area contributed by atoms with Crippen LogP contribution >= 0.6 is 0 Å². The molecule has 2 heteroatoms. The summed E-state index contributed by atoms with van der Waals surface area (Å²) in [4.78, 5) is 4.16. The maximum absolute atomic E-state index is 5.72. The first-order valence-corrected chi connectivity index (χ1v) is 4.18. The highest BCUT2D eigenvalue weighted by molar-refractivity contribution is 5.89. The number of fused-ring (bicyclic) bond motifs is 1. The molecule has 2 aromatic rings. The third kappa shape index (κ3) is 2.22. The highest BCUT2D eigenvalue weighted by Gasteiger charge is 1.94. The molecule has 1 aromatic heterocycles. The molecular weight excluding hydrogens is 172 g/mol. The first-order valence-electron chi connectivity index (χ1n) is 4.18. The van der Waals surface area contributed by atoms with Gasteiger partial charge in [-0.3, -0.25) is 4.98 Å².